The van der Waals surface area contributed by atoms with Gasteiger partial charge in [0.2, 0.25) is 5.91 Å². The second-order valence-electron chi connectivity index (χ2n) is 6.21. The fourth-order valence-electron chi connectivity index (χ4n) is 3.07. The van der Waals surface area contributed by atoms with Crippen molar-refractivity contribution in [2.75, 3.05) is 26.2 Å². The Morgan fingerprint density at radius 2 is 2.00 bits per heavy atom. The number of rotatable bonds is 4. The molecule has 2 aromatic rings. The fraction of sp³-hybridized carbons (Fsp3) is 0.368. The average Bonchev–Trinajstić information content (AvgIpc) is 2.61. The Labute approximate surface area is 142 Å². The first-order chi connectivity index (χ1) is 11.6. The lowest BCUT2D eigenvalue weighted by Crippen LogP contribution is -2.52. The Kier molecular flexibility index (Phi) is 5.11. The van der Waals surface area contributed by atoms with Gasteiger partial charge in [-0.1, -0.05) is 30.3 Å². The lowest BCUT2D eigenvalue weighted by Gasteiger charge is -2.34. The van der Waals surface area contributed by atoms with Gasteiger partial charge in [-0.3, -0.25) is 9.59 Å². The van der Waals surface area contributed by atoms with E-state index in [0.717, 1.165) is 30.4 Å². The van der Waals surface area contributed by atoms with E-state index in [1.807, 2.05) is 54.3 Å². The van der Waals surface area contributed by atoms with Gasteiger partial charge in [0.05, 0.1) is 0 Å². The lowest BCUT2D eigenvalue weighted by molar-refractivity contribution is -0.133. The van der Waals surface area contributed by atoms with Crippen molar-refractivity contribution >= 4 is 22.6 Å². The molecule has 1 fully saturated rings. The maximum atomic E-state index is 12.3. The van der Waals surface area contributed by atoms with Crippen LogP contribution < -0.4 is 10.6 Å². The number of benzene rings is 2. The van der Waals surface area contributed by atoms with Gasteiger partial charge in [-0.05, 0) is 29.8 Å². The van der Waals surface area contributed by atoms with Crippen LogP contribution in [0.3, 0.4) is 0 Å². The topological polar surface area (TPSA) is 61.4 Å². The van der Waals surface area contributed by atoms with E-state index in [-0.39, 0.29) is 17.9 Å². The summed E-state index contributed by atoms with van der Waals surface area (Å²) in [7, 11) is 0. The van der Waals surface area contributed by atoms with Crippen molar-refractivity contribution in [3.05, 3.63) is 48.0 Å². The van der Waals surface area contributed by atoms with Crippen molar-refractivity contribution < 1.29 is 9.59 Å². The van der Waals surface area contributed by atoms with E-state index < -0.39 is 0 Å². The SMILES string of the molecule is CC1CNCCN1C(=O)CCNC(=O)c1ccc2ccccc2c1. The molecule has 3 rings (SSSR count). The van der Waals surface area contributed by atoms with Crippen LogP contribution in [0, 0.1) is 0 Å². The number of amides is 2. The van der Waals surface area contributed by atoms with E-state index in [1.54, 1.807) is 0 Å². The van der Waals surface area contributed by atoms with Crippen molar-refractivity contribution in [3.63, 3.8) is 0 Å². The van der Waals surface area contributed by atoms with Crippen molar-refractivity contribution in [2.24, 2.45) is 0 Å². The number of nitrogens with one attached hydrogen (secondary N) is 2. The zero-order chi connectivity index (χ0) is 16.9. The minimum atomic E-state index is -0.137. The smallest absolute Gasteiger partial charge is 0.251 e. The molecule has 0 spiro atoms. The summed E-state index contributed by atoms with van der Waals surface area (Å²) in [5, 5.41) is 8.26. The molecule has 1 aliphatic rings. The van der Waals surface area contributed by atoms with Gasteiger partial charge in [-0.15, -0.1) is 0 Å². The minimum Gasteiger partial charge on any atom is -0.352 e. The first kappa shape index (κ1) is 16.5. The summed E-state index contributed by atoms with van der Waals surface area (Å²) in [6, 6.07) is 13.8. The number of carbonyl (C=O) groups excluding carboxylic acids is 2. The highest BCUT2D eigenvalue weighted by Gasteiger charge is 2.22. The summed E-state index contributed by atoms with van der Waals surface area (Å²) in [5.74, 6) is -0.0373. The molecule has 1 saturated heterocycles. The Morgan fingerprint density at radius 3 is 2.79 bits per heavy atom. The van der Waals surface area contributed by atoms with Gasteiger partial charge in [0.1, 0.15) is 0 Å². The number of hydrogen-bond donors (Lipinski definition) is 2. The van der Waals surface area contributed by atoms with Gasteiger partial charge < -0.3 is 15.5 Å². The molecule has 0 bridgehead atoms. The molecule has 0 radical (unpaired) electrons. The van der Waals surface area contributed by atoms with Gasteiger partial charge in [0.15, 0.2) is 0 Å². The summed E-state index contributed by atoms with van der Waals surface area (Å²) in [6.07, 6.45) is 0.337. The second kappa shape index (κ2) is 7.45. The molecule has 2 aromatic carbocycles. The molecular weight excluding hydrogens is 302 g/mol. The van der Waals surface area contributed by atoms with Gasteiger partial charge >= 0.3 is 0 Å². The van der Waals surface area contributed by atoms with Crippen LogP contribution in [0.4, 0.5) is 0 Å². The number of piperazine rings is 1. The molecule has 0 aromatic heterocycles. The Bertz CT molecular complexity index is 744. The van der Waals surface area contributed by atoms with Gasteiger partial charge in [-0.25, -0.2) is 0 Å². The van der Waals surface area contributed by atoms with Crippen molar-refractivity contribution in [2.45, 2.75) is 19.4 Å². The summed E-state index contributed by atoms with van der Waals surface area (Å²) >= 11 is 0. The summed E-state index contributed by atoms with van der Waals surface area (Å²) in [6.45, 7) is 4.80. The summed E-state index contributed by atoms with van der Waals surface area (Å²) in [5.41, 5.74) is 0.622. The van der Waals surface area contributed by atoms with Crippen LogP contribution >= 0.6 is 0 Å². The van der Waals surface area contributed by atoms with Gasteiger partial charge in [0.25, 0.3) is 5.91 Å². The normalized spacial score (nSPS) is 17.7. The standard InChI is InChI=1S/C19H23N3O2/c1-14-13-20-10-11-22(14)18(23)8-9-21-19(24)17-7-6-15-4-2-3-5-16(15)12-17/h2-7,12,14,20H,8-11,13H2,1H3,(H,21,24). The molecule has 1 aliphatic heterocycles. The summed E-state index contributed by atoms with van der Waals surface area (Å²) in [4.78, 5) is 26.4. The first-order valence-corrected chi connectivity index (χ1v) is 8.42. The quantitative estimate of drug-likeness (QED) is 0.901. The van der Waals surface area contributed by atoms with E-state index in [4.69, 9.17) is 0 Å². The van der Waals surface area contributed by atoms with E-state index in [2.05, 4.69) is 10.6 Å². The van der Waals surface area contributed by atoms with Crippen molar-refractivity contribution in [1.82, 2.24) is 15.5 Å². The highest BCUT2D eigenvalue weighted by molar-refractivity contribution is 5.98. The molecule has 5 heteroatoms. The molecule has 0 saturated carbocycles. The molecule has 1 unspecified atom stereocenters. The van der Waals surface area contributed by atoms with Crippen LogP contribution in [0.15, 0.2) is 42.5 Å². The molecule has 1 heterocycles. The zero-order valence-electron chi connectivity index (χ0n) is 13.9. The predicted octanol–water partition coefficient (Wildman–Crippen LogP) is 1.78. The van der Waals surface area contributed by atoms with Crippen molar-refractivity contribution in [1.29, 1.82) is 0 Å². The Balaban J connectivity index is 1.53. The van der Waals surface area contributed by atoms with Crippen LogP contribution in [-0.2, 0) is 4.79 Å². The average molecular weight is 325 g/mol. The van der Waals surface area contributed by atoms with Crippen LogP contribution in [0.5, 0.6) is 0 Å². The number of carbonyl (C=O) groups is 2. The number of fused-ring (bicyclic) bond motifs is 1. The molecule has 24 heavy (non-hydrogen) atoms. The largest absolute Gasteiger partial charge is 0.352 e. The Morgan fingerprint density at radius 1 is 1.21 bits per heavy atom. The number of hydrogen-bond acceptors (Lipinski definition) is 3. The first-order valence-electron chi connectivity index (χ1n) is 8.42. The third-order valence-corrected chi connectivity index (χ3v) is 4.46. The van der Waals surface area contributed by atoms with Crippen molar-refractivity contribution in [3.8, 4) is 0 Å². The Hall–Kier alpha value is -2.40. The van der Waals surface area contributed by atoms with E-state index in [9.17, 15) is 9.59 Å². The third-order valence-electron chi connectivity index (χ3n) is 4.46. The molecule has 126 valence electrons. The second-order valence-corrected chi connectivity index (χ2v) is 6.21. The molecular formula is C19H23N3O2. The lowest BCUT2D eigenvalue weighted by atomic mass is 10.1. The number of nitrogens with zero attached hydrogens (tertiary/aromatic N) is 1. The van der Waals surface area contributed by atoms with E-state index in [0.29, 0.717) is 18.5 Å². The third kappa shape index (κ3) is 3.74. The molecule has 2 N–H and O–H groups in total. The zero-order valence-corrected chi connectivity index (χ0v) is 13.9. The van der Waals surface area contributed by atoms with Crippen LogP contribution in [-0.4, -0.2) is 48.9 Å². The highest BCUT2D eigenvalue weighted by Crippen LogP contribution is 2.15. The van der Waals surface area contributed by atoms with Gasteiger partial charge in [0, 0.05) is 44.2 Å². The molecule has 1 atom stereocenters. The van der Waals surface area contributed by atoms with Crippen LogP contribution in [0.1, 0.15) is 23.7 Å². The molecule has 5 nitrogen and oxygen atoms in total. The van der Waals surface area contributed by atoms with Crippen LogP contribution in [0.25, 0.3) is 10.8 Å². The minimum absolute atomic E-state index is 0.0998. The molecule has 2 amide bonds. The monoisotopic (exact) mass is 325 g/mol. The van der Waals surface area contributed by atoms with E-state index >= 15 is 0 Å². The maximum absolute atomic E-state index is 12.3. The maximum Gasteiger partial charge on any atom is 0.251 e. The van der Waals surface area contributed by atoms with Crippen LogP contribution in [0.2, 0.25) is 0 Å². The molecule has 0 aliphatic carbocycles. The summed E-state index contributed by atoms with van der Waals surface area (Å²) < 4.78 is 0. The van der Waals surface area contributed by atoms with Gasteiger partial charge in [-0.2, -0.15) is 0 Å². The highest BCUT2D eigenvalue weighted by atomic mass is 16.2. The fourth-order valence-corrected chi connectivity index (χ4v) is 3.07. The predicted molar refractivity (Wildman–Crippen MR) is 94.9 cm³/mol. The van der Waals surface area contributed by atoms with E-state index in [1.165, 1.54) is 0 Å².